The molecule has 0 bridgehead atoms. The largest absolute Gasteiger partial charge is 0.458 e. The highest BCUT2D eigenvalue weighted by atomic mass is 16.5. The fourth-order valence-corrected chi connectivity index (χ4v) is 5.92. The fraction of sp³-hybridized carbons (Fsp3) is 0. The van der Waals surface area contributed by atoms with E-state index in [9.17, 15) is 0 Å². The average molecular weight is 498 g/mol. The molecule has 0 saturated carbocycles. The van der Waals surface area contributed by atoms with Crippen molar-refractivity contribution in [3.8, 4) is 56.4 Å². The molecule has 2 aliphatic heterocycles. The van der Waals surface area contributed by atoms with Gasteiger partial charge in [-0.15, -0.1) is 0 Å². The molecule has 0 spiro atoms. The Kier molecular flexibility index (Phi) is 4.96. The Balaban J connectivity index is 1.35. The Hall–Kier alpha value is -5.02. The van der Waals surface area contributed by atoms with E-state index in [-0.39, 0.29) is 6.71 Å². The second-order valence-corrected chi connectivity index (χ2v) is 10.1. The zero-order valence-electron chi connectivity index (χ0n) is 21.2. The number of rotatable bonds is 3. The van der Waals surface area contributed by atoms with E-state index in [0.29, 0.717) is 0 Å². The lowest BCUT2D eigenvalue weighted by atomic mass is 9.34. The summed E-state index contributed by atoms with van der Waals surface area (Å²) in [5.74, 6) is 3.49. The molecule has 0 aliphatic carbocycles. The predicted octanol–water partition coefficient (Wildman–Crippen LogP) is 7.42. The summed E-state index contributed by atoms with van der Waals surface area (Å²) in [5, 5.41) is 0. The first-order valence-electron chi connectivity index (χ1n) is 13.3. The first-order valence-corrected chi connectivity index (χ1v) is 13.3. The van der Waals surface area contributed by atoms with Crippen molar-refractivity contribution in [1.82, 2.24) is 0 Å². The third-order valence-corrected chi connectivity index (χ3v) is 7.80. The lowest BCUT2D eigenvalue weighted by Gasteiger charge is -2.34. The first kappa shape index (κ1) is 22.0. The van der Waals surface area contributed by atoms with Crippen LogP contribution in [0.3, 0.4) is 0 Å². The van der Waals surface area contributed by atoms with Gasteiger partial charge in [0, 0.05) is 5.46 Å². The minimum atomic E-state index is 0.0146. The maximum Gasteiger partial charge on any atom is 0.260 e. The molecule has 0 fully saturated rings. The van der Waals surface area contributed by atoms with E-state index in [1.807, 2.05) is 12.1 Å². The van der Waals surface area contributed by atoms with Gasteiger partial charge in [0.05, 0.1) is 0 Å². The lowest BCUT2D eigenvalue weighted by molar-refractivity contribution is 0.465. The molecule has 6 aromatic carbocycles. The van der Waals surface area contributed by atoms with Gasteiger partial charge in [-0.2, -0.15) is 0 Å². The standard InChI is InChI=1S/C36H23BO2/c1-4-10-24(11-5-1)27-17-19-32-31(20-27)37-30-18-16-28(25-12-6-2-7-13-25)21-33(30)39-35-23-29(22-34(38-32)36(35)37)26-14-8-3-9-15-26/h1-23H. The van der Waals surface area contributed by atoms with Crippen LogP contribution in [0.4, 0.5) is 0 Å². The highest BCUT2D eigenvalue weighted by Gasteiger charge is 2.40. The van der Waals surface area contributed by atoms with Gasteiger partial charge in [-0.3, -0.25) is 0 Å². The van der Waals surface area contributed by atoms with Crippen LogP contribution in [0.2, 0.25) is 0 Å². The first-order chi connectivity index (χ1) is 19.3. The Morgan fingerprint density at radius 1 is 0.333 bits per heavy atom. The lowest BCUT2D eigenvalue weighted by Crippen LogP contribution is -2.57. The van der Waals surface area contributed by atoms with Crippen LogP contribution in [0, 0.1) is 0 Å². The third kappa shape index (κ3) is 3.66. The average Bonchev–Trinajstić information content (AvgIpc) is 3.01. The van der Waals surface area contributed by atoms with Crippen molar-refractivity contribution >= 4 is 23.1 Å². The van der Waals surface area contributed by atoms with Crippen molar-refractivity contribution in [2.45, 2.75) is 0 Å². The van der Waals surface area contributed by atoms with Crippen LogP contribution < -0.4 is 25.9 Å². The molecule has 0 radical (unpaired) electrons. The molecule has 0 aromatic heterocycles. The summed E-state index contributed by atoms with van der Waals surface area (Å²) in [5.41, 5.74) is 10.3. The van der Waals surface area contributed by atoms with Crippen LogP contribution in [0.1, 0.15) is 0 Å². The quantitative estimate of drug-likeness (QED) is 0.236. The van der Waals surface area contributed by atoms with Gasteiger partial charge in [0.15, 0.2) is 0 Å². The number of ether oxygens (including phenoxy) is 2. The summed E-state index contributed by atoms with van der Waals surface area (Å²) in [6.07, 6.45) is 0. The van der Waals surface area contributed by atoms with Crippen LogP contribution in [0.15, 0.2) is 140 Å². The molecule has 0 N–H and O–H groups in total. The molecule has 8 rings (SSSR count). The monoisotopic (exact) mass is 498 g/mol. The number of hydrogen-bond donors (Lipinski definition) is 0. The maximum atomic E-state index is 6.70. The molecule has 0 saturated heterocycles. The summed E-state index contributed by atoms with van der Waals surface area (Å²) < 4.78 is 13.3. The van der Waals surface area contributed by atoms with Gasteiger partial charge in [-0.05, 0) is 68.6 Å². The SMILES string of the molecule is c1ccc(-c2ccc3c(c2)Oc2cc(-c4ccccc4)cc4c2B3c2cc(-c3ccccc3)ccc2O4)cc1. The summed E-state index contributed by atoms with van der Waals surface area (Å²) in [6, 6.07) is 48.9. The number of benzene rings is 6. The van der Waals surface area contributed by atoms with E-state index >= 15 is 0 Å². The van der Waals surface area contributed by atoms with Crippen molar-refractivity contribution in [3.05, 3.63) is 140 Å². The molecule has 0 atom stereocenters. The number of hydrogen-bond acceptors (Lipinski definition) is 2. The van der Waals surface area contributed by atoms with E-state index in [0.717, 1.165) is 56.1 Å². The van der Waals surface area contributed by atoms with E-state index < -0.39 is 0 Å². The molecule has 182 valence electrons. The Bertz CT molecular complexity index is 1850. The van der Waals surface area contributed by atoms with Crippen molar-refractivity contribution in [2.24, 2.45) is 0 Å². The Morgan fingerprint density at radius 2 is 0.821 bits per heavy atom. The van der Waals surface area contributed by atoms with Crippen molar-refractivity contribution in [2.75, 3.05) is 0 Å². The second kappa shape index (κ2) is 8.78. The van der Waals surface area contributed by atoms with Gasteiger partial charge in [0.2, 0.25) is 0 Å². The summed E-state index contributed by atoms with van der Waals surface area (Å²) in [6.45, 7) is 0.0146. The minimum Gasteiger partial charge on any atom is -0.458 e. The van der Waals surface area contributed by atoms with Gasteiger partial charge in [-0.1, -0.05) is 115 Å². The molecule has 2 nitrogen and oxygen atoms in total. The van der Waals surface area contributed by atoms with Gasteiger partial charge in [0.25, 0.3) is 6.71 Å². The van der Waals surface area contributed by atoms with E-state index in [4.69, 9.17) is 9.47 Å². The Morgan fingerprint density at radius 3 is 1.44 bits per heavy atom. The zero-order valence-corrected chi connectivity index (χ0v) is 21.2. The van der Waals surface area contributed by atoms with Crippen LogP contribution in [0.25, 0.3) is 33.4 Å². The summed E-state index contributed by atoms with van der Waals surface area (Å²) >= 11 is 0. The van der Waals surface area contributed by atoms with Crippen LogP contribution >= 0.6 is 0 Å². The highest BCUT2D eigenvalue weighted by Crippen LogP contribution is 2.39. The molecule has 3 heteroatoms. The van der Waals surface area contributed by atoms with Gasteiger partial charge in [0.1, 0.15) is 23.0 Å². The molecular weight excluding hydrogens is 475 g/mol. The Labute approximate surface area is 228 Å². The fourth-order valence-electron chi connectivity index (χ4n) is 5.92. The summed E-state index contributed by atoms with van der Waals surface area (Å²) in [7, 11) is 0. The van der Waals surface area contributed by atoms with E-state index in [2.05, 4.69) is 127 Å². The molecule has 6 aromatic rings. The van der Waals surface area contributed by atoms with Crippen LogP contribution in [0.5, 0.6) is 23.0 Å². The van der Waals surface area contributed by atoms with Gasteiger partial charge in [-0.25, -0.2) is 0 Å². The highest BCUT2D eigenvalue weighted by molar-refractivity contribution is 6.98. The van der Waals surface area contributed by atoms with E-state index in [1.54, 1.807) is 0 Å². The topological polar surface area (TPSA) is 18.5 Å². The van der Waals surface area contributed by atoms with Gasteiger partial charge >= 0.3 is 0 Å². The molecule has 2 aliphatic rings. The van der Waals surface area contributed by atoms with Crippen molar-refractivity contribution in [3.63, 3.8) is 0 Å². The smallest absolute Gasteiger partial charge is 0.260 e. The molecular formula is C36H23BO2. The maximum absolute atomic E-state index is 6.70. The zero-order chi connectivity index (χ0) is 25.8. The van der Waals surface area contributed by atoms with Crippen LogP contribution in [-0.2, 0) is 0 Å². The normalized spacial score (nSPS) is 12.5. The van der Waals surface area contributed by atoms with Gasteiger partial charge < -0.3 is 9.47 Å². The predicted molar refractivity (Wildman–Crippen MR) is 160 cm³/mol. The van der Waals surface area contributed by atoms with Crippen molar-refractivity contribution in [1.29, 1.82) is 0 Å². The van der Waals surface area contributed by atoms with E-state index in [1.165, 1.54) is 16.7 Å². The second-order valence-electron chi connectivity index (χ2n) is 10.1. The summed E-state index contributed by atoms with van der Waals surface area (Å²) in [4.78, 5) is 0. The minimum absolute atomic E-state index is 0.0146. The molecule has 0 unspecified atom stereocenters. The molecule has 39 heavy (non-hydrogen) atoms. The molecule has 2 heterocycles. The molecule has 0 amide bonds. The number of fused-ring (bicyclic) bond motifs is 4. The van der Waals surface area contributed by atoms with Crippen molar-refractivity contribution < 1.29 is 9.47 Å². The third-order valence-electron chi connectivity index (χ3n) is 7.80. The van der Waals surface area contributed by atoms with Crippen LogP contribution in [-0.4, -0.2) is 6.71 Å².